The van der Waals surface area contributed by atoms with Crippen molar-refractivity contribution in [1.82, 2.24) is 9.38 Å². The Balaban J connectivity index is 1.82. The third-order valence-corrected chi connectivity index (χ3v) is 4.46. The summed E-state index contributed by atoms with van der Waals surface area (Å²) in [5.74, 6) is 1.90. The van der Waals surface area contributed by atoms with E-state index in [1.807, 2.05) is 28.8 Å². The normalized spacial score (nSPS) is 18.9. The summed E-state index contributed by atoms with van der Waals surface area (Å²) in [6, 6.07) is 5.74. The Hall–Kier alpha value is -1.82. The second-order valence-corrected chi connectivity index (χ2v) is 6.11. The van der Waals surface area contributed by atoms with E-state index in [-0.39, 0.29) is 16.9 Å². The van der Waals surface area contributed by atoms with E-state index in [2.05, 4.69) is 4.98 Å². The molecule has 2 aromatic heterocycles. The minimum atomic E-state index is 0.104. The lowest BCUT2D eigenvalue weighted by atomic mass is 10.1. The Morgan fingerprint density at radius 3 is 3.15 bits per heavy atom. The van der Waals surface area contributed by atoms with Crippen molar-refractivity contribution in [3.63, 3.8) is 0 Å². The van der Waals surface area contributed by atoms with E-state index in [9.17, 15) is 9.59 Å². The molecular weight excluding hydrogens is 274 g/mol. The first kappa shape index (κ1) is 13.2. The van der Waals surface area contributed by atoms with E-state index in [4.69, 9.17) is 0 Å². The molecule has 1 aliphatic rings. The standard InChI is InChI=1S/C14H15N3O2S/c1-10(18)20-9-11-7-14(19)17(8-11)13-4-2-3-12-15-5-6-16(12)13/h2-6,11H,7-9H2,1H3. The average Bonchev–Trinajstić information content (AvgIpc) is 3.02. The van der Waals surface area contributed by atoms with Crippen LogP contribution in [-0.4, -0.2) is 32.7 Å². The van der Waals surface area contributed by atoms with Crippen LogP contribution in [0.1, 0.15) is 13.3 Å². The first-order valence-corrected chi connectivity index (χ1v) is 7.49. The first-order valence-electron chi connectivity index (χ1n) is 6.51. The number of carbonyl (C=O) groups is 2. The predicted molar refractivity (Wildman–Crippen MR) is 78.8 cm³/mol. The maximum Gasteiger partial charge on any atom is 0.228 e. The summed E-state index contributed by atoms with van der Waals surface area (Å²) in [6.07, 6.45) is 4.09. The SMILES string of the molecule is CC(=O)SCC1CC(=O)N(c2cccc3nccn23)C1. The number of carbonyl (C=O) groups excluding carboxylic acids is 2. The molecule has 1 fully saturated rings. The highest BCUT2D eigenvalue weighted by Crippen LogP contribution is 2.27. The fraction of sp³-hybridized carbons (Fsp3) is 0.357. The molecule has 0 bridgehead atoms. The molecule has 0 spiro atoms. The number of amides is 1. The molecule has 6 heteroatoms. The number of anilines is 1. The molecule has 1 atom stereocenters. The Morgan fingerprint density at radius 2 is 2.35 bits per heavy atom. The zero-order chi connectivity index (χ0) is 14.1. The van der Waals surface area contributed by atoms with Gasteiger partial charge in [0, 0.05) is 38.0 Å². The van der Waals surface area contributed by atoms with Gasteiger partial charge in [-0.15, -0.1) is 0 Å². The summed E-state index contributed by atoms with van der Waals surface area (Å²) in [5, 5.41) is 0.104. The molecule has 0 saturated carbocycles. The molecule has 5 nitrogen and oxygen atoms in total. The zero-order valence-electron chi connectivity index (χ0n) is 11.2. The van der Waals surface area contributed by atoms with Crippen LogP contribution in [0.25, 0.3) is 5.65 Å². The zero-order valence-corrected chi connectivity index (χ0v) is 12.0. The van der Waals surface area contributed by atoms with Crippen molar-refractivity contribution in [2.24, 2.45) is 5.92 Å². The van der Waals surface area contributed by atoms with Crippen molar-refractivity contribution in [3.05, 3.63) is 30.6 Å². The van der Waals surface area contributed by atoms with Gasteiger partial charge < -0.3 is 0 Å². The molecule has 1 saturated heterocycles. The minimum Gasteiger partial charge on any atom is -0.298 e. The smallest absolute Gasteiger partial charge is 0.228 e. The number of aromatic nitrogens is 2. The Kier molecular flexibility index (Phi) is 3.48. The van der Waals surface area contributed by atoms with Crippen LogP contribution in [0.5, 0.6) is 0 Å². The van der Waals surface area contributed by atoms with Crippen molar-refractivity contribution in [2.45, 2.75) is 13.3 Å². The number of rotatable bonds is 3. The van der Waals surface area contributed by atoms with Crippen LogP contribution < -0.4 is 4.90 Å². The molecule has 20 heavy (non-hydrogen) atoms. The van der Waals surface area contributed by atoms with Gasteiger partial charge >= 0.3 is 0 Å². The van der Waals surface area contributed by atoms with E-state index >= 15 is 0 Å². The number of hydrogen-bond donors (Lipinski definition) is 0. The van der Waals surface area contributed by atoms with Gasteiger partial charge in [0.15, 0.2) is 5.12 Å². The number of hydrogen-bond acceptors (Lipinski definition) is 4. The quantitative estimate of drug-likeness (QED) is 0.867. The molecule has 0 aromatic carbocycles. The number of nitrogens with zero attached hydrogens (tertiary/aromatic N) is 3. The molecule has 3 heterocycles. The van der Waals surface area contributed by atoms with Gasteiger partial charge in [-0.05, 0) is 18.1 Å². The molecule has 3 rings (SSSR count). The van der Waals surface area contributed by atoms with E-state index in [1.54, 1.807) is 18.0 Å². The van der Waals surface area contributed by atoms with Gasteiger partial charge in [0.05, 0.1) is 0 Å². The highest BCUT2D eigenvalue weighted by molar-refractivity contribution is 8.13. The van der Waals surface area contributed by atoms with Crippen LogP contribution >= 0.6 is 11.8 Å². The van der Waals surface area contributed by atoms with E-state index in [1.165, 1.54) is 11.8 Å². The molecule has 2 aromatic rings. The monoisotopic (exact) mass is 289 g/mol. The maximum absolute atomic E-state index is 12.2. The van der Waals surface area contributed by atoms with E-state index in [0.29, 0.717) is 18.7 Å². The summed E-state index contributed by atoms with van der Waals surface area (Å²) in [7, 11) is 0. The van der Waals surface area contributed by atoms with Crippen molar-refractivity contribution in [1.29, 1.82) is 0 Å². The Labute approximate surface area is 121 Å². The Bertz CT molecular complexity index is 667. The van der Waals surface area contributed by atoms with Gasteiger partial charge in [0.25, 0.3) is 0 Å². The summed E-state index contributed by atoms with van der Waals surface area (Å²) < 4.78 is 1.92. The second-order valence-electron chi connectivity index (χ2n) is 4.92. The third kappa shape index (κ3) is 2.43. The van der Waals surface area contributed by atoms with Crippen molar-refractivity contribution >= 4 is 34.2 Å². The van der Waals surface area contributed by atoms with Crippen LogP contribution in [-0.2, 0) is 9.59 Å². The molecule has 1 unspecified atom stereocenters. The van der Waals surface area contributed by atoms with Gasteiger partial charge in [0.2, 0.25) is 5.91 Å². The maximum atomic E-state index is 12.2. The Morgan fingerprint density at radius 1 is 1.50 bits per heavy atom. The van der Waals surface area contributed by atoms with E-state index in [0.717, 1.165) is 11.5 Å². The van der Waals surface area contributed by atoms with Crippen LogP contribution in [0.15, 0.2) is 30.6 Å². The van der Waals surface area contributed by atoms with Gasteiger partial charge in [-0.3, -0.25) is 18.9 Å². The van der Waals surface area contributed by atoms with Gasteiger partial charge in [-0.1, -0.05) is 17.8 Å². The van der Waals surface area contributed by atoms with Gasteiger partial charge in [0.1, 0.15) is 11.5 Å². The number of thioether (sulfide) groups is 1. The van der Waals surface area contributed by atoms with Crippen molar-refractivity contribution in [3.8, 4) is 0 Å². The van der Waals surface area contributed by atoms with Crippen LogP contribution in [0, 0.1) is 5.92 Å². The van der Waals surface area contributed by atoms with Gasteiger partial charge in [-0.25, -0.2) is 4.98 Å². The molecule has 1 amide bonds. The number of fused-ring (bicyclic) bond motifs is 1. The second kappa shape index (κ2) is 5.28. The molecule has 0 aliphatic carbocycles. The van der Waals surface area contributed by atoms with E-state index < -0.39 is 0 Å². The summed E-state index contributed by atoms with van der Waals surface area (Å²) in [6.45, 7) is 2.22. The van der Waals surface area contributed by atoms with Gasteiger partial charge in [-0.2, -0.15) is 0 Å². The van der Waals surface area contributed by atoms with Crippen molar-refractivity contribution in [2.75, 3.05) is 17.2 Å². The highest BCUT2D eigenvalue weighted by atomic mass is 32.2. The summed E-state index contributed by atoms with van der Waals surface area (Å²) in [4.78, 5) is 29.2. The predicted octanol–water partition coefficient (Wildman–Crippen LogP) is 1.97. The topological polar surface area (TPSA) is 54.7 Å². The molecule has 0 N–H and O–H groups in total. The van der Waals surface area contributed by atoms with Crippen molar-refractivity contribution < 1.29 is 9.59 Å². The minimum absolute atomic E-state index is 0.104. The van der Waals surface area contributed by atoms with Crippen LogP contribution in [0.4, 0.5) is 5.82 Å². The molecule has 104 valence electrons. The summed E-state index contributed by atoms with van der Waals surface area (Å²) >= 11 is 1.30. The number of imidazole rings is 1. The third-order valence-electron chi connectivity index (χ3n) is 3.41. The van der Waals surface area contributed by atoms with Crippen LogP contribution in [0.2, 0.25) is 0 Å². The summed E-state index contributed by atoms with van der Waals surface area (Å²) in [5.41, 5.74) is 0.830. The largest absolute Gasteiger partial charge is 0.298 e. The average molecular weight is 289 g/mol. The molecule has 1 aliphatic heterocycles. The highest BCUT2D eigenvalue weighted by Gasteiger charge is 2.31. The van der Waals surface area contributed by atoms with Crippen LogP contribution in [0.3, 0.4) is 0 Å². The molecular formula is C14H15N3O2S. The number of pyridine rings is 1. The lowest BCUT2D eigenvalue weighted by molar-refractivity contribution is -0.117. The lowest BCUT2D eigenvalue weighted by Gasteiger charge is -2.18. The lowest BCUT2D eigenvalue weighted by Crippen LogP contribution is -2.26. The molecule has 0 radical (unpaired) electrons. The fourth-order valence-corrected chi connectivity index (χ4v) is 3.20. The first-order chi connectivity index (χ1) is 9.65. The fourth-order valence-electron chi connectivity index (χ4n) is 2.50.